The van der Waals surface area contributed by atoms with Gasteiger partial charge in [0.15, 0.2) is 0 Å². The topological polar surface area (TPSA) is 84.6 Å². The Kier molecular flexibility index (Phi) is 4.10. The van der Waals surface area contributed by atoms with E-state index in [9.17, 15) is 4.79 Å². The molecule has 0 aliphatic carbocycles. The number of rotatable bonds is 5. The first-order chi connectivity index (χ1) is 9.61. The van der Waals surface area contributed by atoms with Crippen molar-refractivity contribution in [2.75, 3.05) is 18.2 Å². The molecule has 0 saturated heterocycles. The van der Waals surface area contributed by atoms with Crippen LogP contribution in [0.1, 0.15) is 15.9 Å². The summed E-state index contributed by atoms with van der Waals surface area (Å²) in [6, 6.07) is 12.3. The standard InChI is InChI=1S/C15H16N2O3/c1-20-11-5-2-4-10(8-11)9-17-14-12(15(18)19)6-3-7-13(14)16/h2-8,17H,9,16H2,1H3,(H,18,19). The number of anilines is 2. The van der Waals surface area contributed by atoms with Crippen LogP contribution in [-0.2, 0) is 6.54 Å². The van der Waals surface area contributed by atoms with E-state index < -0.39 is 5.97 Å². The third kappa shape index (κ3) is 3.00. The van der Waals surface area contributed by atoms with Crippen LogP contribution in [0.2, 0.25) is 0 Å². The minimum absolute atomic E-state index is 0.160. The van der Waals surface area contributed by atoms with E-state index in [4.69, 9.17) is 15.6 Å². The van der Waals surface area contributed by atoms with Gasteiger partial charge in [-0.1, -0.05) is 18.2 Å². The van der Waals surface area contributed by atoms with Crippen LogP contribution in [0.15, 0.2) is 42.5 Å². The van der Waals surface area contributed by atoms with E-state index in [2.05, 4.69) is 5.32 Å². The molecule has 0 aromatic heterocycles. The van der Waals surface area contributed by atoms with Gasteiger partial charge in [-0.25, -0.2) is 4.79 Å². The Morgan fingerprint density at radius 1 is 1.30 bits per heavy atom. The first kappa shape index (κ1) is 13.7. The molecule has 2 aromatic rings. The molecule has 2 aromatic carbocycles. The summed E-state index contributed by atoms with van der Waals surface area (Å²) in [5, 5.41) is 12.2. The number of carboxylic acid groups (broad SMARTS) is 1. The van der Waals surface area contributed by atoms with E-state index in [0.717, 1.165) is 11.3 Å². The van der Waals surface area contributed by atoms with Crippen molar-refractivity contribution in [3.63, 3.8) is 0 Å². The van der Waals surface area contributed by atoms with E-state index >= 15 is 0 Å². The molecule has 0 fully saturated rings. The van der Waals surface area contributed by atoms with E-state index in [1.807, 2.05) is 24.3 Å². The second-order valence-corrected chi connectivity index (χ2v) is 4.28. The lowest BCUT2D eigenvalue weighted by Gasteiger charge is -2.12. The molecule has 0 saturated carbocycles. The van der Waals surface area contributed by atoms with Crippen molar-refractivity contribution < 1.29 is 14.6 Å². The van der Waals surface area contributed by atoms with Crippen LogP contribution in [0.3, 0.4) is 0 Å². The molecule has 0 atom stereocenters. The predicted octanol–water partition coefficient (Wildman–Crippen LogP) is 2.59. The van der Waals surface area contributed by atoms with Crippen molar-refractivity contribution in [3.05, 3.63) is 53.6 Å². The lowest BCUT2D eigenvalue weighted by molar-refractivity contribution is 0.0698. The molecule has 0 spiro atoms. The molecule has 0 amide bonds. The van der Waals surface area contributed by atoms with Crippen LogP contribution in [0.4, 0.5) is 11.4 Å². The zero-order valence-corrected chi connectivity index (χ0v) is 11.1. The van der Waals surface area contributed by atoms with Gasteiger partial charge in [-0.3, -0.25) is 0 Å². The Labute approximate surface area is 117 Å². The van der Waals surface area contributed by atoms with Gasteiger partial charge in [0.2, 0.25) is 0 Å². The maximum absolute atomic E-state index is 11.2. The number of carboxylic acids is 1. The van der Waals surface area contributed by atoms with Crippen LogP contribution >= 0.6 is 0 Å². The lowest BCUT2D eigenvalue weighted by atomic mass is 10.1. The molecule has 2 rings (SSSR count). The number of carbonyl (C=O) groups is 1. The number of aromatic carboxylic acids is 1. The Balaban J connectivity index is 2.20. The van der Waals surface area contributed by atoms with Crippen molar-refractivity contribution >= 4 is 17.3 Å². The van der Waals surface area contributed by atoms with Gasteiger partial charge in [0.25, 0.3) is 0 Å². The number of para-hydroxylation sites is 1. The molecule has 5 heteroatoms. The number of ether oxygens (including phenoxy) is 1. The third-order valence-corrected chi connectivity index (χ3v) is 2.93. The number of nitrogens with one attached hydrogen (secondary N) is 1. The number of nitrogens with two attached hydrogens (primary N) is 1. The molecule has 104 valence electrons. The molecule has 4 N–H and O–H groups in total. The number of methoxy groups -OCH3 is 1. The molecule has 0 aliphatic heterocycles. The molecule has 0 unspecified atom stereocenters. The molecule has 0 aliphatic rings. The fraction of sp³-hybridized carbons (Fsp3) is 0.133. The minimum Gasteiger partial charge on any atom is -0.497 e. The smallest absolute Gasteiger partial charge is 0.337 e. The van der Waals surface area contributed by atoms with Crippen LogP contribution in [0.25, 0.3) is 0 Å². The normalized spacial score (nSPS) is 10.1. The lowest BCUT2D eigenvalue weighted by Crippen LogP contribution is -2.09. The van der Waals surface area contributed by atoms with Crippen LogP contribution < -0.4 is 15.8 Å². The van der Waals surface area contributed by atoms with Crippen LogP contribution in [0, 0.1) is 0 Å². The van der Waals surface area contributed by atoms with Crippen molar-refractivity contribution in [3.8, 4) is 5.75 Å². The molecule has 5 nitrogen and oxygen atoms in total. The summed E-state index contributed by atoms with van der Waals surface area (Å²) >= 11 is 0. The number of benzene rings is 2. The second-order valence-electron chi connectivity index (χ2n) is 4.28. The van der Waals surface area contributed by atoms with E-state index in [-0.39, 0.29) is 5.56 Å². The first-order valence-corrected chi connectivity index (χ1v) is 6.10. The number of hydrogen-bond acceptors (Lipinski definition) is 4. The zero-order chi connectivity index (χ0) is 14.5. The van der Waals surface area contributed by atoms with Gasteiger partial charge < -0.3 is 20.9 Å². The zero-order valence-electron chi connectivity index (χ0n) is 11.1. The number of hydrogen-bond donors (Lipinski definition) is 3. The SMILES string of the molecule is COc1cccc(CNc2c(N)cccc2C(=O)O)c1. The van der Waals surface area contributed by atoms with Gasteiger partial charge in [-0.15, -0.1) is 0 Å². The monoisotopic (exact) mass is 272 g/mol. The summed E-state index contributed by atoms with van der Waals surface area (Å²) in [5.41, 5.74) is 7.81. The molecule has 20 heavy (non-hydrogen) atoms. The van der Waals surface area contributed by atoms with Crippen molar-refractivity contribution in [2.24, 2.45) is 0 Å². The average Bonchev–Trinajstić information content (AvgIpc) is 2.45. The highest BCUT2D eigenvalue weighted by Gasteiger charge is 2.12. The van der Waals surface area contributed by atoms with Gasteiger partial charge in [0.05, 0.1) is 24.0 Å². The Hall–Kier alpha value is -2.69. The summed E-state index contributed by atoms with van der Waals surface area (Å²) in [4.78, 5) is 11.2. The quantitative estimate of drug-likeness (QED) is 0.728. The van der Waals surface area contributed by atoms with E-state index in [1.165, 1.54) is 6.07 Å². The highest BCUT2D eigenvalue weighted by molar-refractivity contribution is 5.97. The van der Waals surface area contributed by atoms with Crippen molar-refractivity contribution in [1.29, 1.82) is 0 Å². The maximum atomic E-state index is 11.2. The summed E-state index contributed by atoms with van der Waals surface area (Å²) in [6.45, 7) is 0.464. The summed E-state index contributed by atoms with van der Waals surface area (Å²) < 4.78 is 5.15. The summed E-state index contributed by atoms with van der Waals surface area (Å²) in [6.07, 6.45) is 0. The molecule has 0 bridgehead atoms. The Bertz CT molecular complexity index is 626. The first-order valence-electron chi connectivity index (χ1n) is 6.10. The highest BCUT2D eigenvalue weighted by Crippen LogP contribution is 2.24. The molecule has 0 radical (unpaired) electrons. The molecular formula is C15H16N2O3. The summed E-state index contributed by atoms with van der Waals surface area (Å²) in [7, 11) is 1.60. The fourth-order valence-corrected chi connectivity index (χ4v) is 1.92. The van der Waals surface area contributed by atoms with Crippen molar-refractivity contribution in [2.45, 2.75) is 6.54 Å². The van der Waals surface area contributed by atoms with Gasteiger partial charge in [-0.05, 0) is 29.8 Å². The average molecular weight is 272 g/mol. The fourth-order valence-electron chi connectivity index (χ4n) is 1.92. The maximum Gasteiger partial charge on any atom is 0.337 e. The number of nitrogen functional groups attached to an aromatic ring is 1. The van der Waals surface area contributed by atoms with Crippen LogP contribution in [0.5, 0.6) is 5.75 Å². The van der Waals surface area contributed by atoms with Gasteiger partial charge >= 0.3 is 5.97 Å². The van der Waals surface area contributed by atoms with Gasteiger partial charge in [0.1, 0.15) is 5.75 Å². The summed E-state index contributed by atoms with van der Waals surface area (Å²) in [5.74, 6) is -0.255. The predicted molar refractivity (Wildman–Crippen MR) is 78.1 cm³/mol. The van der Waals surface area contributed by atoms with E-state index in [0.29, 0.717) is 17.9 Å². The van der Waals surface area contributed by atoms with Crippen molar-refractivity contribution in [1.82, 2.24) is 0 Å². The molecule has 0 heterocycles. The Morgan fingerprint density at radius 2 is 2.05 bits per heavy atom. The Morgan fingerprint density at radius 3 is 2.75 bits per heavy atom. The highest BCUT2D eigenvalue weighted by atomic mass is 16.5. The van der Waals surface area contributed by atoms with Gasteiger partial charge in [0, 0.05) is 6.54 Å². The van der Waals surface area contributed by atoms with E-state index in [1.54, 1.807) is 19.2 Å². The minimum atomic E-state index is -1.01. The molecular weight excluding hydrogens is 256 g/mol. The second kappa shape index (κ2) is 5.97. The van der Waals surface area contributed by atoms with Crippen LogP contribution in [-0.4, -0.2) is 18.2 Å². The third-order valence-electron chi connectivity index (χ3n) is 2.93. The van der Waals surface area contributed by atoms with Gasteiger partial charge in [-0.2, -0.15) is 0 Å². The largest absolute Gasteiger partial charge is 0.497 e.